The van der Waals surface area contributed by atoms with Gasteiger partial charge in [-0.2, -0.15) is 0 Å². The number of nitrogens with one attached hydrogen (secondary N) is 2. The van der Waals surface area contributed by atoms with Crippen molar-refractivity contribution in [1.29, 1.82) is 0 Å². The first-order valence-corrected chi connectivity index (χ1v) is 9.48. The Morgan fingerprint density at radius 1 is 1.35 bits per heavy atom. The van der Waals surface area contributed by atoms with Crippen LogP contribution >= 0.6 is 0 Å². The number of benzene rings is 1. The molecule has 1 heterocycles. The Morgan fingerprint density at radius 2 is 2.08 bits per heavy atom. The van der Waals surface area contributed by atoms with Crippen molar-refractivity contribution in [3.8, 4) is 0 Å². The van der Waals surface area contributed by atoms with Gasteiger partial charge >= 0.3 is 0 Å². The van der Waals surface area contributed by atoms with Gasteiger partial charge in [-0.3, -0.25) is 9.79 Å². The fourth-order valence-electron chi connectivity index (χ4n) is 3.83. The van der Waals surface area contributed by atoms with Crippen LogP contribution in [-0.2, 0) is 10.2 Å². The van der Waals surface area contributed by atoms with E-state index in [0.29, 0.717) is 12.3 Å². The number of rotatable bonds is 5. The van der Waals surface area contributed by atoms with Gasteiger partial charge in [0.15, 0.2) is 5.96 Å². The number of aliphatic imine (C=N–C) groups is 1. The molecule has 2 N–H and O–H groups in total. The molecule has 26 heavy (non-hydrogen) atoms. The lowest BCUT2D eigenvalue weighted by molar-refractivity contribution is -0.121. The molecule has 3 rings (SSSR count). The van der Waals surface area contributed by atoms with Gasteiger partial charge in [-0.15, -0.1) is 0 Å². The van der Waals surface area contributed by atoms with Gasteiger partial charge in [-0.05, 0) is 49.3 Å². The number of likely N-dealkylation sites (tertiary alicyclic amines) is 1. The number of carbonyl (C=O) groups excluding carboxylic acids is 1. The summed E-state index contributed by atoms with van der Waals surface area (Å²) in [7, 11) is 3.50. The van der Waals surface area contributed by atoms with E-state index in [-0.39, 0.29) is 17.1 Å². The van der Waals surface area contributed by atoms with Crippen molar-refractivity contribution in [3.05, 3.63) is 35.6 Å². The van der Waals surface area contributed by atoms with Crippen LogP contribution in [0.5, 0.6) is 0 Å². The molecule has 0 spiro atoms. The predicted octanol–water partition coefficient (Wildman–Crippen LogP) is 2.28. The molecular weight excluding hydrogens is 331 g/mol. The van der Waals surface area contributed by atoms with Crippen LogP contribution < -0.4 is 10.6 Å². The van der Waals surface area contributed by atoms with E-state index in [1.807, 2.05) is 6.07 Å². The summed E-state index contributed by atoms with van der Waals surface area (Å²) in [6, 6.07) is 6.96. The van der Waals surface area contributed by atoms with E-state index < -0.39 is 0 Å². The van der Waals surface area contributed by atoms with E-state index in [2.05, 4.69) is 20.5 Å². The normalized spacial score (nSPS) is 20.0. The summed E-state index contributed by atoms with van der Waals surface area (Å²) in [5, 5.41) is 6.21. The van der Waals surface area contributed by atoms with Crippen molar-refractivity contribution < 1.29 is 9.18 Å². The van der Waals surface area contributed by atoms with Gasteiger partial charge in [0, 0.05) is 45.6 Å². The summed E-state index contributed by atoms with van der Waals surface area (Å²) in [6.07, 6.45) is 4.77. The van der Waals surface area contributed by atoms with Crippen LogP contribution in [0.15, 0.2) is 29.3 Å². The van der Waals surface area contributed by atoms with Crippen LogP contribution in [-0.4, -0.2) is 50.5 Å². The van der Waals surface area contributed by atoms with Crippen molar-refractivity contribution in [2.45, 2.75) is 37.5 Å². The number of amides is 1. The Hall–Kier alpha value is -2.11. The van der Waals surface area contributed by atoms with Crippen LogP contribution in [0.25, 0.3) is 0 Å². The molecular formula is C20H29FN4O. The number of hydrogen-bond acceptors (Lipinski definition) is 2. The smallest absolute Gasteiger partial charge is 0.220 e. The lowest BCUT2D eigenvalue weighted by atomic mass is 9.93. The highest BCUT2D eigenvalue weighted by molar-refractivity contribution is 5.80. The molecule has 0 unspecified atom stereocenters. The molecule has 1 saturated heterocycles. The Bertz CT molecular complexity index is 664. The number of carbonyl (C=O) groups is 1. The van der Waals surface area contributed by atoms with E-state index in [1.54, 1.807) is 26.2 Å². The highest BCUT2D eigenvalue weighted by Gasteiger charge is 2.44. The topological polar surface area (TPSA) is 56.7 Å². The molecule has 0 aromatic heterocycles. The maximum Gasteiger partial charge on any atom is 0.220 e. The van der Waals surface area contributed by atoms with Crippen LogP contribution in [0.3, 0.4) is 0 Å². The molecule has 1 saturated carbocycles. The molecule has 1 aromatic rings. The second-order valence-corrected chi connectivity index (χ2v) is 7.50. The molecule has 0 bridgehead atoms. The average molecular weight is 360 g/mol. The number of guanidine groups is 1. The molecule has 0 atom stereocenters. The number of hydrogen-bond donors (Lipinski definition) is 2. The fraction of sp³-hybridized carbons (Fsp3) is 0.600. The second kappa shape index (κ2) is 8.06. The number of halogens is 1. The summed E-state index contributed by atoms with van der Waals surface area (Å²) < 4.78 is 13.6. The summed E-state index contributed by atoms with van der Waals surface area (Å²) in [4.78, 5) is 18.2. The molecule has 2 aliphatic rings. The zero-order chi connectivity index (χ0) is 18.6. The number of nitrogens with zero attached hydrogens (tertiary/aromatic N) is 2. The minimum Gasteiger partial charge on any atom is -0.359 e. The highest BCUT2D eigenvalue weighted by Crippen LogP contribution is 2.47. The summed E-state index contributed by atoms with van der Waals surface area (Å²) in [6.45, 7) is 2.60. The van der Waals surface area contributed by atoms with Crippen molar-refractivity contribution in [1.82, 2.24) is 15.5 Å². The molecule has 2 fully saturated rings. The minimum absolute atomic E-state index is 0.0373. The third-order valence-electron chi connectivity index (χ3n) is 5.75. The lowest BCUT2D eigenvalue weighted by Crippen LogP contribution is -2.47. The second-order valence-electron chi connectivity index (χ2n) is 7.50. The quantitative estimate of drug-likeness (QED) is 0.626. The first kappa shape index (κ1) is 18.7. The van der Waals surface area contributed by atoms with Crippen LogP contribution in [0.4, 0.5) is 4.39 Å². The monoisotopic (exact) mass is 360 g/mol. The van der Waals surface area contributed by atoms with Crippen LogP contribution in [0.2, 0.25) is 0 Å². The average Bonchev–Trinajstić information content (AvgIpc) is 3.44. The summed E-state index contributed by atoms with van der Waals surface area (Å²) in [5.74, 6) is 1.31. The zero-order valence-corrected chi connectivity index (χ0v) is 15.7. The lowest BCUT2D eigenvalue weighted by Gasteiger charge is -2.34. The molecule has 1 aliphatic heterocycles. The van der Waals surface area contributed by atoms with Gasteiger partial charge < -0.3 is 15.5 Å². The van der Waals surface area contributed by atoms with E-state index >= 15 is 0 Å². The maximum atomic E-state index is 13.6. The third kappa shape index (κ3) is 4.34. The summed E-state index contributed by atoms with van der Waals surface area (Å²) in [5.41, 5.74) is 1.11. The fourth-order valence-corrected chi connectivity index (χ4v) is 3.83. The Kier molecular flexibility index (Phi) is 5.79. The molecule has 5 nitrogen and oxygen atoms in total. The van der Waals surface area contributed by atoms with E-state index in [9.17, 15) is 9.18 Å². The molecule has 6 heteroatoms. The molecule has 1 amide bonds. The van der Waals surface area contributed by atoms with Gasteiger partial charge in [-0.1, -0.05) is 12.1 Å². The van der Waals surface area contributed by atoms with Crippen molar-refractivity contribution in [2.75, 3.05) is 33.7 Å². The Morgan fingerprint density at radius 3 is 2.65 bits per heavy atom. The van der Waals surface area contributed by atoms with Gasteiger partial charge in [0.05, 0.1) is 0 Å². The first-order chi connectivity index (χ1) is 12.6. The van der Waals surface area contributed by atoms with Crippen molar-refractivity contribution in [3.63, 3.8) is 0 Å². The predicted molar refractivity (Wildman–Crippen MR) is 102 cm³/mol. The van der Waals surface area contributed by atoms with Gasteiger partial charge in [-0.25, -0.2) is 4.39 Å². The van der Waals surface area contributed by atoms with Gasteiger partial charge in [0.2, 0.25) is 5.91 Å². The summed E-state index contributed by atoms with van der Waals surface area (Å²) >= 11 is 0. The number of piperidine rings is 1. The van der Waals surface area contributed by atoms with E-state index in [4.69, 9.17) is 0 Å². The molecule has 1 aliphatic carbocycles. The Balaban J connectivity index is 1.52. The van der Waals surface area contributed by atoms with Crippen molar-refractivity contribution in [2.24, 2.45) is 10.9 Å². The molecule has 1 aromatic carbocycles. The maximum absolute atomic E-state index is 13.6. The van der Waals surface area contributed by atoms with Crippen LogP contribution in [0, 0.1) is 11.7 Å². The largest absolute Gasteiger partial charge is 0.359 e. The minimum atomic E-state index is -0.170. The zero-order valence-electron chi connectivity index (χ0n) is 15.7. The Labute approximate surface area is 155 Å². The van der Waals surface area contributed by atoms with Crippen LogP contribution in [0.1, 0.15) is 37.7 Å². The van der Waals surface area contributed by atoms with E-state index in [0.717, 1.165) is 56.8 Å². The van der Waals surface area contributed by atoms with Gasteiger partial charge in [0.1, 0.15) is 5.82 Å². The van der Waals surface area contributed by atoms with Crippen molar-refractivity contribution >= 4 is 11.9 Å². The highest BCUT2D eigenvalue weighted by atomic mass is 19.1. The molecule has 142 valence electrons. The SMILES string of the molecule is CN=C(NCC1(c2cccc(F)c2)CC1)N1CCC(CC(=O)NC)CC1. The van der Waals surface area contributed by atoms with Gasteiger partial charge in [0.25, 0.3) is 0 Å². The third-order valence-corrected chi connectivity index (χ3v) is 5.75. The standard InChI is InChI=1S/C20H29FN4O/c1-22-18(26)12-15-6-10-25(11-7-15)19(23-2)24-14-20(8-9-20)16-4-3-5-17(21)13-16/h3-5,13,15H,6-12,14H2,1-2H3,(H,22,26)(H,23,24). The molecule has 0 radical (unpaired) electrons. The first-order valence-electron chi connectivity index (χ1n) is 9.48. The van der Waals surface area contributed by atoms with E-state index in [1.165, 1.54) is 6.07 Å².